The summed E-state index contributed by atoms with van der Waals surface area (Å²) >= 11 is 0. The van der Waals surface area contributed by atoms with Crippen LogP contribution in [0.4, 0.5) is 0 Å². The van der Waals surface area contributed by atoms with Gasteiger partial charge in [0, 0.05) is 13.0 Å². The molecule has 0 aromatic rings. The van der Waals surface area contributed by atoms with Crippen LogP contribution in [0.25, 0.3) is 0 Å². The highest BCUT2D eigenvalue weighted by Gasteiger charge is 2.20. The van der Waals surface area contributed by atoms with Crippen molar-refractivity contribution in [2.75, 3.05) is 6.54 Å². The molecule has 0 saturated carbocycles. The standard InChI is InChI=1S/C10H20N2O2/c1-8(13)12(9(2)14)10-6-4-3-5-7-11-10/h8-9,13-14H,3-7H2,1-2H3. The van der Waals surface area contributed by atoms with Gasteiger partial charge in [0.25, 0.3) is 0 Å². The Kier molecular flexibility index (Phi) is 4.35. The molecule has 14 heavy (non-hydrogen) atoms. The molecule has 0 saturated heterocycles. The van der Waals surface area contributed by atoms with Crippen LogP contribution >= 0.6 is 0 Å². The van der Waals surface area contributed by atoms with Crippen LogP contribution in [-0.2, 0) is 0 Å². The summed E-state index contributed by atoms with van der Waals surface area (Å²) < 4.78 is 0. The first-order valence-electron chi connectivity index (χ1n) is 5.30. The minimum absolute atomic E-state index is 0.674. The van der Waals surface area contributed by atoms with Gasteiger partial charge < -0.3 is 15.1 Å². The van der Waals surface area contributed by atoms with Crippen molar-refractivity contribution >= 4 is 5.84 Å². The van der Waals surface area contributed by atoms with Crippen molar-refractivity contribution in [2.45, 2.75) is 52.0 Å². The highest BCUT2D eigenvalue weighted by Crippen LogP contribution is 2.13. The Morgan fingerprint density at radius 1 is 1.14 bits per heavy atom. The zero-order chi connectivity index (χ0) is 10.6. The summed E-state index contributed by atoms with van der Waals surface area (Å²) in [6.45, 7) is 4.12. The number of hydrogen-bond donors (Lipinski definition) is 2. The Morgan fingerprint density at radius 2 is 1.79 bits per heavy atom. The van der Waals surface area contributed by atoms with E-state index in [1.54, 1.807) is 18.7 Å². The number of hydrogen-bond acceptors (Lipinski definition) is 4. The third-order valence-electron chi connectivity index (χ3n) is 2.46. The monoisotopic (exact) mass is 200 g/mol. The van der Waals surface area contributed by atoms with Crippen LogP contribution in [0, 0.1) is 0 Å². The second-order valence-electron chi connectivity index (χ2n) is 3.78. The molecule has 0 aromatic carbocycles. The van der Waals surface area contributed by atoms with Crippen molar-refractivity contribution in [1.29, 1.82) is 0 Å². The normalized spacial score (nSPS) is 22.1. The molecule has 0 fully saturated rings. The molecule has 2 atom stereocenters. The van der Waals surface area contributed by atoms with E-state index < -0.39 is 12.5 Å². The Balaban J connectivity index is 2.70. The molecule has 2 N–H and O–H groups in total. The molecule has 82 valence electrons. The second-order valence-corrected chi connectivity index (χ2v) is 3.78. The second kappa shape index (κ2) is 5.32. The van der Waals surface area contributed by atoms with E-state index in [0.717, 1.165) is 31.6 Å². The van der Waals surface area contributed by atoms with Crippen molar-refractivity contribution < 1.29 is 10.2 Å². The lowest BCUT2D eigenvalue weighted by atomic mass is 10.2. The van der Waals surface area contributed by atoms with Gasteiger partial charge in [-0.2, -0.15) is 0 Å². The summed E-state index contributed by atoms with van der Waals surface area (Å²) in [4.78, 5) is 5.96. The fourth-order valence-corrected chi connectivity index (χ4v) is 1.81. The molecule has 4 nitrogen and oxygen atoms in total. The van der Waals surface area contributed by atoms with Gasteiger partial charge in [0.1, 0.15) is 18.3 Å². The molecule has 0 bridgehead atoms. The molecule has 0 aliphatic carbocycles. The van der Waals surface area contributed by atoms with Crippen molar-refractivity contribution in [2.24, 2.45) is 4.99 Å². The smallest absolute Gasteiger partial charge is 0.127 e. The minimum Gasteiger partial charge on any atom is -0.374 e. The maximum Gasteiger partial charge on any atom is 0.127 e. The third kappa shape index (κ3) is 2.96. The predicted octanol–water partition coefficient (Wildman–Crippen LogP) is 0.937. The number of aliphatic imine (C=N–C) groups is 1. The summed E-state index contributed by atoms with van der Waals surface area (Å²) in [5.74, 6) is 0.840. The van der Waals surface area contributed by atoms with E-state index in [-0.39, 0.29) is 0 Å². The Hall–Kier alpha value is -0.610. The van der Waals surface area contributed by atoms with E-state index >= 15 is 0 Å². The van der Waals surface area contributed by atoms with Crippen LogP contribution in [0.3, 0.4) is 0 Å². The van der Waals surface area contributed by atoms with Crippen LogP contribution in [0.15, 0.2) is 4.99 Å². The maximum absolute atomic E-state index is 9.51. The molecule has 1 rings (SSSR count). The van der Waals surface area contributed by atoms with Gasteiger partial charge in [-0.15, -0.1) is 0 Å². The molecular weight excluding hydrogens is 180 g/mol. The predicted molar refractivity (Wildman–Crippen MR) is 56.0 cm³/mol. The zero-order valence-corrected chi connectivity index (χ0v) is 8.98. The van der Waals surface area contributed by atoms with Gasteiger partial charge >= 0.3 is 0 Å². The Labute approximate surface area is 85.3 Å². The summed E-state index contributed by atoms with van der Waals surface area (Å²) in [5.41, 5.74) is 0. The first-order valence-corrected chi connectivity index (χ1v) is 5.30. The third-order valence-corrected chi connectivity index (χ3v) is 2.46. The van der Waals surface area contributed by atoms with Gasteiger partial charge in [-0.1, -0.05) is 6.42 Å². The lowest BCUT2D eigenvalue weighted by molar-refractivity contribution is -0.0365. The van der Waals surface area contributed by atoms with Crippen LogP contribution in [0.1, 0.15) is 39.5 Å². The summed E-state index contributed by atoms with van der Waals surface area (Å²) in [7, 11) is 0. The highest BCUT2D eigenvalue weighted by atomic mass is 16.3. The fourth-order valence-electron chi connectivity index (χ4n) is 1.81. The molecular formula is C10H20N2O2. The van der Waals surface area contributed by atoms with E-state index in [4.69, 9.17) is 0 Å². The van der Waals surface area contributed by atoms with Crippen LogP contribution < -0.4 is 0 Å². The quantitative estimate of drug-likeness (QED) is 0.652. The summed E-state index contributed by atoms with van der Waals surface area (Å²) in [6, 6.07) is 0. The lowest BCUT2D eigenvalue weighted by Crippen LogP contribution is -2.44. The highest BCUT2D eigenvalue weighted by molar-refractivity contribution is 5.82. The van der Waals surface area contributed by atoms with Crippen molar-refractivity contribution in [3.8, 4) is 0 Å². The van der Waals surface area contributed by atoms with E-state index in [1.165, 1.54) is 6.42 Å². The lowest BCUT2D eigenvalue weighted by Gasteiger charge is -2.31. The maximum atomic E-state index is 9.51. The molecule has 0 amide bonds. The number of amidine groups is 1. The van der Waals surface area contributed by atoms with Crippen molar-refractivity contribution in [1.82, 2.24) is 4.90 Å². The van der Waals surface area contributed by atoms with Crippen molar-refractivity contribution in [3.05, 3.63) is 0 Å². The number of nitrogens with zero attached hydrogens (tertiary/aromatic N) is 2. The first kappa shape index (κ1) is 11.5. The van der Waals surface area contributed by atoms with Crippen LogP contribution in [-0.4, -0.2) is 39.9 Å². The van der Waals surface area contributed by atoms with Gasteiger partial charge in [0.15, 0.2) is 0 Å². The molecule has 1 heterocycles. The minimum atomic E-state index is -0.674. The summed E-state index contributed by atoms with van der Waals surface area (Å²) in [5, 5.41) is 19.0. The Bertz CT molecular complexity index is 194. The molecule has 2 unspecified atom stereocenters. The first-order chi connectivity index (χ1) is 6.63. The van der Waals surface area contributed by atoms with E-state index in [9.17, 15) is 10.2 Å². The largest absolute Gasteiger partial charge is 0.374 e. The molecule has 0 aromatic heterocycles. The van der Waals surface area contributed by atoms with Gasteiger partial charge in [-0.25, -0.2) is 0 Å². The zero-order valence-electron chi connectivity index (χ0n) is 8.98. The topological polar surface area (TPSA) is 56.1 Å². The van der Waals surface area contributed by atoms with Gasteiger partial charge in [0.05, 0.1) is 0 Å². The van der Waals surface area contributed by atoms with E-state index in [1.807, 2.05) is 0 Å². The molecule has 1 aliphatic heterocycles. The molecule has 4 heteroatoms. The van der Waals surface area contributed by atoms with E-state index in [2.05, 4.69) is 4.99 Å². The molecule has 1 aliphatic rings. The molecule has 0 radical (unpaired) electrons. The van der Waals surface area contributed by atoms with E-state index in [0.29, 0.717) is 0 Å². The van der Waals surface area contributed by atoms with Crippen molar-refractivity contribution in [3.63, 3.8) is 0 Å². The number of aliphatic hydroxyl groups excluding tert-OH is 2. The summed E-state index contributed by atoms with van der Waals surface area (Å²) in [6.07, 6.45) is 2.89. The fraction of sp³-hybridized carbons (Fsp3) is 0.900. The SMILES string of the molecule is CC(O)N(C1=NCCCCC1)C(C)O. The van der Waals surface area contributed by atoms with Crippen LogP contribution in [0.5, 0.6) is 0 Å². The van der Waals surface area contributed by atoms with Gasteiger partial charge in [-0.05, 0) is 26.7 Å². The Morgan fingerprint density at radius 3 is 2.36 bits per heavy atom. The number of rotatable bonds is 2. The molecule has 0 spiro atoms. The van der Waals surface area contributed by atoms with Gasteiger partial charge in [0.2, 0.25) is 0 Å². The average molecular weight is 200 g/mol. The average Bonchev–Trinajstić information content (AvgIpc) is 2.31. The van der Waals surface area contributed by atoms with Gasteiger partial charge in [-0.3, -0.25) is 4.99 Å². The number of aliphatic hydroxyl groups is 2. The van der Waals surface area contributed by atoms with Crippen LogP contribution in [0.2, 0.25) is 0 Å².